The lowest BCUT2D eigenvalue weighted by molar-refractivity contribution is -0.147. The molecule has 31 heavy (non-hydrogen) atoms. The van der Waals surface area contributed by atoms with E-state index in [0.717, 1.165) is 22.3 Å². The predicted molar refractivity (Wildman–Crippen MR) is 114 cm³/mol. The number of esters is 1. The molecule has 1 aliphatic heterocycles. The molecule has 1 fully saturated rings. The highest BCUT2D eigenvalue weighted by molar-refractivity contribution is 5.83. The van der Waals surface area contributed by atoms with E-state index in [1.165, 1.54) is 11.0 Å². The first-order valence-electron chi connectivity index (χ1n) is 10.1. The molecule has 158 valence electrons. The van der Waals surface area contributed by atoms with Gasteiger partial charge in [-0.3, -0.25) is 4.90 Å². The van der Waals surface area contributed by atoms with E-state index in [-0.39, 0.29) is 25.7 Å². The zero-order valence-electron chi connectivity index (χ0n) is 16.9. The number of fused-ring (bicyclic) bond motifs is 3. The summed E-state index contributed by atoms with van der Waals surface area (Å²) in [5, 5.41) is 3.67. The summed E-state index contributed by atoms with van der Waals surface area (Å²) in [7, 11) is 0. The number of amides is 1. The Morgan fingerprint density at radius 1 is 1.13 bits per heavy atom. The second-order valence-electron chi connectivity index (χ2n) is 7.42. The first-order valence-corrected chi connectivity index (χ1v) is 10.1. The molecule has 0 N–H and O–H groups in total. The van der Waals surface area contributed by atoms with Crippen molar-refractivity contribution in [2.24, 2.45) is 5.11 Å². The summed E-state index contributed by atoms with van der Waals surface area (Å²) in [4.78, 5) is 29.5. The van der Waals surface area contributed by atoms with Gasteiger partial charge in [-0.05, 0) is 34.2 Å². The van der Waals surface area contributed by atoms with Gasteiger partial charge in [0.2, 0.25) is 0 Å². The second kappa shape index (κ2) is 8.93. The van der Waals surface area contributed by atoms with Gasteiger partial charge in [-0.1, -0.05) is 66.3 Å². The van der Waals surface area contributed by atoms with Crippen LogP contribution in [-0.2, 0) is 14.3 Å². The van der Waals surface area contributed by atoms with Crippen LogP contribution in [-0.4, -0.2) is 48.8 Å². The summed E-state index contributed by atoms with van der Waals surface area (Å²) < 4.78 is 10.8. The first kappa shape index (κ1) is 20.5. The van der Waals surface area contributed by atoms with Gasteiger partial charge in [-0.2, -0.15) is 0 Å². The average Bonchev–Trinajstić information content (AvgIpc) is 3.36. The predicted octanol–water partition coefficient (Wildman–Crippen LogP) is 4.42. The fourth-order valence-corrected chi connectivity index (χ4v) is 4.36. The van der Waals surface area contributed by atoms with Crippen LogP contribution in [0.15, 0.2) is 66.3 Å². The highest BCUT2D eigenvalue weighted by Crippen LogP contribution is 2.44. The first-order chi connectivity index (χ1) is 15.2. The number of benzene rings is 2. The zero-order chi connectivity index (χ0) is 21.8. The lowest BCUT2D eigenvalue weighted by Gasteiger charge is -2.25. The van der Waals surface area contributed by atoms with Crippen molar-refractivity contribution in [2.75, 3.05) is 19.8 Å². The van der Waals surface area contributed by atoms with Crippen LogP contribution in [0.5, 0.6) is 0 Å². The normalized spacial score (nSPS) is 19.2. The molecule has 8 heteroatoms. The summed E-state index contributed by atoms with van der Waals surface area (Å²) in [5.74, 6) is -0.721. The number of hydrogen-bond donors (Lipinski definition) is 0. The van der Waals surface area contributed by atoms with Crippen LogP contribution in [0.2, 0.25) is 0 Å². The van der Waals surface area contributed by atoms with Crippen LogP contribution in [0.25, 0.3) is 21.6 Å². The summed E-state index contributed by atoms with van der Waals surface area (Å²) >= 11 is 0. The Morgan fingerprint density at radius 2 is 1.77 bits per heavy atom. The van der Waals surface area contributed by atoms with Crippen molar-refractivity contribution in [1.29, 1.82) is 0 Å². The lowest BCUT2D eigenvalue weighted by atomic mass is 9.98. The summed E-state index contributed by atoms with van der Waals surface area (Å²) in [6.45, 7) is 3.91. The van der Waals surface area contributed by atoms with E-state index in [1.807, 2.05) is 36.4 Å². The van der Waals surface area contributed by atoms with Gasteiger partial charge in [-0.15, -0.1) is 0 Å². The number of hydrogen-bond acceptors (Lipinski definition) is 5. The van der Waals surface area contributed by atoms with Gasteiger partial charge in [0.25, 0.3) is 0 Å². The molecule has 0 saturated carbocycles. The fourth-order valence-electron chi connectivity index (χ4n) is 4.36. The molecule has 0 aromatic heterocycles. The quantitative estimate of drug-likeness (QED) is 0.228. The van der Waals surface area contributed by atoms with Crippen LogP contribution >= 0.6 is 0 Å². The van der Waals surface area contributed by atoms with Crippen molar-refractivity contribution >= 4 is 12.1 Å². The molecular weight excluding hydrogens is 396 g/mol. The Balaban J connectivity index is 1.51. The number of carbonyl (C=O) groups excluding carboxylic acids is 2. The second-order valence-corrected chi connectivity index (χ2v) is 7.42. The van der Waals surface area contributed by atoms with Crippen LogP contribution in [0.3, 0.4) is 0 Å². The molecule has 0 spiro atoms. The average molecular weight is 418 g/mol. The number of ether oxygens (including phenoxy) is 2. The Bertz CT molecular complexity index is 1020. The van der Waals surface area contributed by atoms with Gasteiger partial charge in [0, 0.05) is 17.4 Å². The van der Waals surface area contributed by atoms with Crippen LogP contribution in [0.4, 0.5) is 4.79 Å². The lowest BCUT2D eigenvalue weighted by Crippen LogP contribution is -2.46. The van der Waals surface area contributed by atoms with E-state index in [9.17, 15) is 9.59 Å². The standard InChI is InChI=1S/C23H22N4O4/c1-2-13-30-22(28)21-20(25-26-24)11-12-27(21)23(29)31-14-19-17-9-5-3-7-15(17)16-8-4-6-10-18(16)19/h2-10,19-21H,1,11-14H2/t20-,21+/m1/s1. The Hall–Kier alpha value is -3.77. The van der Waals surface area contributed by atoms with Crippen molar-refractivity contribution in [3.8, 4) is 11.1 Å². The van der Waals surface area contributed by atoms with Crippen molar-refractivity contribution in [2.45, 2.75) is 24.4 Å². The van der Waals surface area contributed by atoms with E-state index >= 15 is 0 Å². The minimum atomic E-state index is -1.01. The van der Waals surface area contributed by atoms with Gasteiger partial charge in [-0.25, -0.2) is 9.59 Å². The molecule has 0 radical (unpaired) electrons. The maximum atomic E-state index is 12.9. The molecule has 0 bridgehead atoms. The molecule has 1 amide bonds. The largest absolute Gasteiger partial charge is 0.460 e. The molecule has 1 saturated heterocycles. The Kier molecular flexibility index (Phi) is 5.91. The van der Waals surface area contributed by atoms with Crippen LogP contribution in [0.1, 0.15) is 23.5 Å². The molecule has 2 aliphatic rings. The topological polar surface area (TPSA) is 105 Å². The van der Waals surface area contributed by atoms with Crippen molar-refractivity contribution < 1.29 is 19.1 Å². The molecular formula is C23H22N4O4. The molecule has 2 aromatic carbocycles. The molecule has 2 aromatic rings. The molecule has 4 rings (SSSR count). The highest BCUT2D eigenvalue weighted by atomic mass is 16.6. The molecule has 2 atom stereocenters. The number of likely N-dealkylation sites (tertiary alicyclic amines) is 1. The van der Waals surface area contributed by atoms with E-state index in [2.05, 4.69) is 28.7 Å². The number of rotatable bonds is 6. The number of carbonyl (C=O) groups is 2. The number of nitrogens with zero attached hydrogens (tertiary/aromatic N) is 4. The minimum absolute atomic E-state index is 0.0108. The molecule has 1 aliphatic carbocycles. The van der Waals surface area contributed by atoms with Crippen molar-refractivity contribution in [3.63, 3.8) is 0 Å². The number of azide groups is 1. The third-order valence-electron chi connectivity index (χ3n) is 5.72. The monoisotopic (exact) mass is 418 g/mol. The van der Waals surface area contributed by atoms with Crippen LogP contribution < -0.4 is 0 Å². The zero-order valence-corrected chi connectivity index (χ0v) is 16.9. The van der Waals surface area contributed by atoms with E-state index in [4.69, 9.17) is 15.0 Å². The highest BCUT2D eigenvalue weighted by Gasteiger charge is 2.43. The van der Waals surface area contributed by atoms with E-state index in [0.29, 0.717) is 6.42 Å². The summed E-state index contributed by atoms with van der Waals surface area (Å²) in [5.41, 5.74) is 13.3. The van der Waals surface area contributed by atoms with Gasteiger partial charge >= 0.3 is 12.1 Å². The van der Waals surface area contributed by atoms with Crippen molar-refractivity contribution in [1.82, 2.24) is 4.90 Å². The molecule has 0 unspecified atom stereocenters. The fraction of sp³-hybridized carbons (Fsp3) is 0.304. The third kappa shape index (κ3) is 3.85. The van der Waals surface area contributed by atoms with Gasteiger partial charge in [0.1, 0.15) is 19.3 Å². The van der Waals surface area contributed by atoms with Gasteiger partial charge < -0.3 is 9.47 Å². The molecule has 1 heterocycles. The summed E-state index contributed by atoms with van der Waals surface area (Å²) in [6.07, 6.45) is 1.17. The SMILES string of the molecule is C=CCOC(=O)[C@@H]1[C@H](N=[N+]=[N-])CCN1C(=O)OCC1c2ccccc2-c2ccccc21. The van der Waals surface area contributed by atoms with Crippen molar-refractivity contribution in [3.05, 3.63) is 82.8 Å². The smallest absolute Gasteiger partial charge is 0.410 e. The van der Waals surface area contributed by atoms with E-state index in [1.54, 1.807) is 0 Å². The Labute approximate surface area is 179 Å². The maximum absolute atomic E-state index is 12.9. The van der Waals surface area contributed by atoms with E-state index < -0.39 is 24.1 Å². The van der Waals surface area contributed by atoms with Gasteiger partial charge in [0.15, 0.2) is 0 Å². The van der Waals surface area contributed by atoms with Crippen LogP contribution in [0, 0.1) is 0 Å². The van der Waals surface area contributed by atoms with Gasteiger partial charge in [0.05, 0.1) is 6.04 Å². The Morgan fingerprint density at radius 3 is 2.39 bits per heavy atom. The maximum Gasteiger partial charge on any atom is 0.410 e. The molecule has 8 nitrogen and oxygen atoms in total. The minimum Gasteiger partial charge on any atom is -0.460 e. The third-order valence-corrected chi connectivity index (χ3v) is 5.72. The summed E-state index contributed by atoms with van der Waals surface area (Å²) in [6, 6.07) is 14.4.